The summed E-state index contributed by atoms with van der Waals surface area (Å²) in [6, 6.07) is 37.1. The van der Waals surface area contributed by atoms with E-state index in [4.69, 9.17) is 21.6 Å². The number of ether oxygens (including phenoxy) is 1. The zero-order chi connectivity index (χ0) is 63.6. The van der Waals surface area contributed by atoms with Crippen molar-refractivity contribution in [3.63, 3.8) is 0 Å². The van der Waals surface area contributed by atoms with Gasteiger partial charge in [-0.05, 0) is 127 Å². The number of nitrogens with zero attached hydrogens (tertiary/aromatic N) is 6. The number of hydrogen-bond acceptors (Lipinski definition) is 7. The van der Waals surface area contributed by atoms with Gasteiger partial charge in [0.05, 0.1) is 16.5 Å². The molecular formula is C72H67B2N8OPt-3. The second-order valence-electron chi connectivity index (χ2n) is 23.8. The zero-order valence-electron chi connectivity index (χ0n) is 55.5. The Morgan fingerprint density at radius 3 is 1.88 bits per heavy atom. The average molecular weight is 1280 g/mol. The van der Waals surface area contributed by atoms with Gasteiger partial charge >= 0.3 is 0 Å². The van der Waals surface area contributed by atoms with E-state index in [1.807, 2.05) is 67.3 Å². The topological polar surface area (TPSA) is 75.4 Å². The standard InChI is InChI=1S/C72H67B2N8O.Pt/c1-70(2,3)48-42-53(57-27-22-40-75-38-19-17-36-73-57)68(54(43-48)58-28-23-41-76-39-20-18-37-74-58)81-47-80(63-32-15-16-33-64(63)81)49-44-60(67-55(71(4,5)6)25-21-26-56(67)72(7,8)9)77-66(45-49)83-50-34-35-52-51-24-11-13-30-61(51)82(65(52)46-50)69-78-59-29-12-14-31-62(59)79(69)10;/h11-44,47,75-76H,1-10H3;/q-3;/b36-17-,37-18-,38-19-,39-20-,40-22-,41-23-,57-27-,58-28-;/i10D3,11D,13D,24D,30D;. The van der Waals surface area contributed by atoms with Crippen molar-refractivity contribution in [3.8, 4) is 28.8 Å². The van der Waals surface area contributed by atoms with E-state index < -0.39 is 19.1 Å². The molecule has 3 aromatic heterocycles. The Balaban J connectivity index is 0.00000850. The van der Waals surface area contributed by atoms with Crippen molar-refractivity contribution in [3.05, 3.63) is 253 Å². The summed E-state index contributed by atoms with van der Waals surface area (Å²) in [5.74, 6) is 4.27. The fourth-order valence-electron chi connectivity index (χ4n) is 10.9. The summed E-state index contributed by atoms with van der Waals surface area (Å²) in [4.78, 5) is 14.7. The molecule has 84 heavy (non-hydrogen) atoms. The van der Waals surface area contributed by atoms with E-state index in [0.717, 1.165) is 66.0 Å². The van der Waals surface area contributed by atoms with Crippen molar-refractivity contribution < 1.29 is 35.4 Å². The minimum Gasteiger partial charge on any atom is -0.503 e. The van der Waals surface area contributed by atoms with Crippen molar-refractivity contribution in [1.82, 2.24) is 29.7 Å². The van der Waals surface area contributed by atoms with Crippen LogP contribution in [0, 0.1) is 18.8 Å². The van der Waals surface area contributed by atoms with E-state index >= 15 is 0 Å². The van der Waals surface area contributed by atoms with Gasteiger partial charge in [-0.25, -0.2) is 4.98 Å². The van der Waals surface area contributed by atoms with E-state index in [9.17, 15) is 2.74 Å². The van der Waals surface area contributed by atoms with Crippen molar-refractivity contribution in [1.29, 1.82) is 0 Å². The van der Waals surface area contributed by atoms with Crippen LogP contribution in [0.5, 0.6) is 11.6 Å². The fraction of sp³-hybridized carbons (Fsp3) is 0.181. The number of hydrogen-bond donors (Lipinski definition) is 2. The third kappa shape index (κ3) is 11.2. The second-order valence-corrected chi connectivity index (χ2v) is 23.8. The van der Waals surface area contributed by atoms with Crippen molar-refractivity contribution >= 4 is 81.1 Å². The van der Waals surface area contributed by atoms with Crippen LogP contribution in [0.2, 0.25) is 0 Å². The Bertz CT molecular complexity index is 4520. The predicted molar refractivity (Wildman–Crippen MR) is 349 cm³/mol. The monoisotopic (exact) mass is 1280 g/mol. The summed E-state index contributed by atoms with van der Waals surface area (Å²) in [5, 5.41) is 7.06. The number of allylic oxidation sites excluding steroid dienone is 8. The molecule has 0 amide bonds. The Labute approximate surface area is 520 Å². The molecule has 12 rings (SSSR count). The molecule has 0 aliphatic carbocycles. The molecule has 2 N–H and O–H groups in total. The molecule has 0 saturated carbocycles. The number of para-hydroxylation sites is 5. The number of aromatic nitrogens is 4. The number of pyridine rings is 1. The second kappa shape index (κ2) is 23.3. The maximum absolute atomic E-state index is 9.33. The number of anilines is 4. The Kier molecular flexibility index (Phi) is 13.6. The van der Waals surface area contributed by atoms with Crippen LogP contribution in [0.4, 0.5) is 22.7 Å². The summed E-state index contributed by atoms with van der Waals surface area (Å²) in [7, 11) is 4.30. The van der Waals surface area contributed by atoms with Gasteiger partial charge < -0.3 is 34.3 Å². The van der Waals surface area contributed by atoms with Gasteiger partial charge in [0, 0.05) is 85.3 Å². The molecule has 6 aromatic carbocycles. The zero-order valence-corrected chi connectivity index (χ0v) is 50.7. The molecule has 0 fully saturated rings. The average Bonchev–Trinajstić information content (AvgIpc) is 1.57. The van der Waals surface area contributed by atoms with Gasteiger partial charge in [0.25, 0.3) is 0 Å². The van der Waals surface area contributed by atoms with E-state index in [0.29, 0.717) is 27.8 Å². The SMILES string of the molecule is [2H]c1c([2H])c([2H])c2c(c1[2H])c1ccc(Oc3[c-]c(N4[CH-]N(c5c(/C6=C/C=C\N/C=C\C=C/[B]6)cc(C(C)(C)C)cc5/C5=C/C=C\N/C=C\C=C/[B]5)c5ccccc54)cc(-c4c(C(C)(C)C)cccc4C(C)(C)C)n3)[c-]c1n2-c1nc2ccccc2n1C([2H])([2H])[2H].[Pt]. The van der Waals surface area contributed by atoms with Crippen molar-refractivity contribution in [2.45, 2.75) is 78.6 Å². The molecule has 12 heteroatoms. The van der Waals surface area contributed by atoms with Crippen LogP contribution in [-0.2, 0) is 44.3 Å². The van der Waals surface area contributed by atoms with Gasteiger partial charge in [-0.15, -0.1) is 36.1 Å². The number of rotatable bonds is 8. The molecule has 0 atom stereocenters. The number of fused-ring (bicyclic) bond motifs is 5. The molecule has 3 aliphatic rings. The van der Waals surface area contributed by atoms with Gasteiger partial charge in [-0.2, -0.15) is 23.9 Å². The summed E-state index contributed by atoms with van der Waals surface area (Å²) >= 11 is 0. The van der Waals surface area contributed by atoms with Crippen molar-refractivity contribution in [2.75, 3.05) is 9.80 Å². The number of nitrogens with one attached hydrogen (secondary N) is 2. The van der Waals surface area contributed by atoms with Crippen LogP contribution in [0.1, 0.15) is 99.7 Å². The molecule has 9 nitrogen and oxygen atoms in total. The minimum absolute atomic E-state index is 0. The molecule has 9 aromatic rings. The molecular weight excluding hydrogens is 1210 g/mol. The summed E-state index contributed by atoms with van der Waals surface area (Å²) in [6.45, 7) is 19.3. The normalized spacial score (nSPS) is 19.5. The fourth-order valence-corrected chi connectivity index (χ4v) is 10.9. The first-order valence-corrected chi connectivity index (χ1v) is 27.9. The molecule has 0 unspecified atom stereocenters. The minimum atomic E-state index is -2.76. The maximum atomic E-state index is 9.33. The van der Waals surface area contributed by atoms with E-state index in [1.54, 1.807) is 36.4 Å². The van der Waals surface area contributed by atoms with Crippen LogP contribution < -0.4 is 25.2 Å². The molecule has 6 heterocycles. The Morgan fingerprint density at radius 2 is 1.24 bits per heavy atom. The van der Waals surface area contributed by atoms with Gasteiger partial charge in [-0.3, -0.25) is 4.98 Å². The Hall–Kier alpha value is -8.52. The number of imidazole rings is 1. The summed E-state index contributed by atoms with van der Waals surface area (Å²) < 4.78 is 72.2. The van der Waals surface area contributed by atoms with E-state index in [1.165, 1.54) is 4.57 Å². The molecule has 0 bridgehead atoms. The van der Waals surface area contributed by atoms with Gasteiger partial charge in [0.15, 0.2) is 14.6 Å². The first-order chi connectivity index (χ1) is 42.9. The van der Waals surface area contributed by atoms with Crippen LogP contribution in [-0.4, -0.2) is 33.7 Å². The molecule has 2 radical (unpaired) electrons. The number of aryl methyl sites for hydroxylation is 1. The van der Waals surface area contributed by atoms with Crippen LogP contribution >= 0.6 is 0 Å². The molecule has 3 aliphatic heterocycles. The quantitative estimate of drug-likeness (QED) is 0.116. The first kappa shape index (κ1) is 49.0. The first-order valence-electron chi connectivity index (χ1n) is 31.4. The van der Waals surface area contributed by atoms with E-state index in [2.05, 4.69) is 195 Å². The smallest absolute Gasteiger partial charge is 0.213 e. The number of benzene rings is 6. The van der Waals surface area contributed by atoms with Gasteiger partial charge in [-0.1, -0.05) is 164 Å². The predicted octanol–water partition coefficient (Wildman–Crippen LogP) is 16.8. The Morgan fingerprint density at radius 1 is 0.619 bits per heavy atom. The van der Waals surface area contributed by atoms with Crippen LogP contribution in [0.3, 0.4) is 0 Å². The van der Waals surface area contributed by atoms with E-state index in [-0.39, 0.29) is 83.4 Å². The van der Waals surface area contributed by atoms with Gasteiger partial charge in [0.2, 0.25) is 5.95 Å². The van der Waals surface area contributed by atoms with Crippen molar-refractivity contribution in [2.24, 2.45) is 6.98 Å². The maximum Gasteiger partial charge on any atom is 0.213 e. The molecule has 0 saturated heterocycles. The molecule has 0 spiro atoms. The third-order valence-electron chi connectivity index (χ3n) is 14.9. The largest absolute Gasteiger partial charge is 0.503 e. The van der Waals surface area contributed by atoms with Crippen LogP contribution in [0.25, 0.3) is 61.0 Å². The molecule has 420 valence electrons. The summed E-state index contributed by atoms with van der Waals surface area (Å²) in [6.07, 6.45) is 23.9. The van der Waals surface area contributed by atoms with Gasteiger partial charge in [0.1, 0.15) is 5.88 Å². The van der Waals surface area contributed by atoms with Crippen LogP contribution in [0.15, 0.2) is 207 Å². The third-order valence-corrected chi connectivity index (χ3v) is 14.9. The summed E-state index contributed by atoms with van der Waals surface area (Å²) in [5.41, 5.74) is 12.1.